The summed E-state index contributed by atoms with van der Waals surface area (Å²) >= 11 is 1.14. The fourth-order valence-electron chi connectivity index (χ4n) is 2.38. The monoisotopic (exact) mass is 358 g/mol. The van der Waals surface area contributed by atoms with Crippen LogP contribution in [0.3, 0.4) is 0 Å². The number of rotatable bonds is 4. The first-order valence-corrected chi connectivity index (χ1v) is 8.59. The molecule has 3 rings (SSSR count). The number of fused-ring (bicyclic) bond motifs is 1. The smallest absolute Gasteiger partial charge is 0.318 e. The van der Waals surface area contributed by atoms with E-state index in [1.54, 1.807) is 11.6 Å². The second-order valence-electron chi connectivity index (χ2n) is 5.72. The van der Waals surface area contributed by atoms with Gasteiger partial charge >= 0.3 is 5.97 Å². The normalized spacial score (nSPS) is 12.3. The molecule has 0 unspecified atom stereocenters. The van der Waals surface area contributed by atoms with E-state index in [-0.39, 0.29) is 11.5 Å². The third kappa shape index (κ3) is 3.30. The van der Waals surface area contributed by atoms with Gasteiger partial charge in [0, 0.05) is 0 Å². The molecule has 0 saturated heterocycles. The molecule has 2 heterocycles. The number of thioether (sulfide) groups is 1. The van der Waals surface area contributed by atoms with Crippen LogP contribution >= 0.6 is 11.8 Å². The number of H-pyrrole nitrogens is 1. The lowest BCUT2D eigenvalue weighted by Crippen LogP contribution is -2.17. The zero-order chi connectivity index (χ0) is 18.1. The van der Waals surface area contributed by atoms with Crippen molar-refractivity contribution in [2.45, 2.75) is 31.2 Å². The fourth-order valence-corrected chi connectivity index (χ4v) is 3.20. The minimum Gasteiger partial charge on any atom is -0.468 e. The molecule has 2 aromatic heterocycles. The molecular weight excluding hydrogens is 340 g/mol. The van der Waals surface area contributed by atoms with E-state index in [2.05, 4.69) is 15.1 Å². The Hall–Kier alpha value is -2.61. The van der Waals surface area contributed by atoms with Crippen LogP contribution in [0.5, 0.6) is 0 Å². The number of hydrogen-bond acceptors (Lipinski definition) is 6. The molecule has 0 spiro atoms. The van der Waals surface area contributed by atoms with Crippen LogP contribution in [-0.4, -0.2) is 38.1 Å². The summed E-state index contributed by atoms with van der Waals surface area (Å²) in [4.78, 5) is 31.1. The van der Waals surface area contributed by atoms with Gasteiger partial charge in [-0.1, -0.05) is 17.8 Å². The number of aryl methyl sites for hydroxylation is 2. The van der Waals surface area contributed by atoms with Crippen molar-refractivity contribution in [1.82, 2.24) is 19.7 Å². The summed E-state index contributed by atoms with van der Waals surface area (Å²) in [6.07, 6.45) is 1.49. The van der Waals surface area contributed by atoms with Crippen LogP contribution in [0.1, 0.15) is 18.1 Å². The van der Waals surface area contributed by atoms with Crippen LogP contribution in [0.25, 0.3) is 16.7 Å². The maximum Gasteiger partial charge on any atom is 0.318 e. The van der Waals surface area contributed by atoms with Gasteiger partial charge < -0.3 is 9.72 Å². The lowest BCUT2D eigenvalue weighted by atomic mass is 10.1. The van der Waals surface area contributed by atoms with E-state index in [1.807, 2.05) is 32.0 Å². The van der Waals surface area contributed by atoms with Crippen LogP contribution in [0, 0.1) is 13.8 Å². The van der Waals surface area contributed by atoms with Crippen molar-refractivity contribution < 1.29 is 9.53 Å². The summed E-state index contributed by atoms with van der Waals surface area (Å²) in [6, 6.07) is 5.93. The van der Waals surface area contributed by atoms with E-state index in [4.69, 9.17) is 4.74 Å². The van der Waals surface area contributed by atoms with Gasteiger partial charge in [0.1, 0.15) is 10.6 Å². The number of hydrogen-bond donors (Lipinski definition) is 1. The van der Waals surface area contributed by atoms with Gasteiger partial charge in [0.2, 0.25) is 0 Å². The standard InChI is InChI=1S/C17H18N4O3S/c1-9-5-6-12(7-10(9)2)21-14-13(8-18-21)15(22)20-17(19-14)25-11(3)16(23)24-4/h5-8,11H,1-4H3,(H,19,20,22)/t11-/m1/s1. The second kappa shape index (κ2) is 6.72. The number of benzene rings is 1. The lowest BCUT2D eigenvalue weighted by Gasteiger charge is -2.09. The molecule has 0 aliphatic rings. The summed E-state index contributed by atoms with van der Waals surface area (Å²) < 4.78 is 6.34. The summed E-state index contributed by atoms with van der Waals surface area (Å²) in [7, 11) is 1.33. The number of aromatic nitrogens is 4. The number of ether oxygens (including phenoxy) is 1. The number of esters is 1. The zero-order valence-corrected chi connectivity index (χ0v) is 15.2. The number of nitrogens with one attached hydrogen (secondary N) is 1. The molecule has 130 valence electrons. The predicted molar refractivity (Wildman–Crippen MR) is 96.3 cm³/mol. The minimum absolute atomic E-state index is 0.292. The molecular formula is C17H18N4O3S. The number of methoxy groups -OCH3 is 1. The summed E-state index contributed by atoms with van der Waals surface area (Å²) in [6.45, 7) is 5.75. The maximum atomic E-state index is 12.3. The molecule has 1 atom stereocenters. The van der Waals surface area contributed by atoms with E-state index < -0.39 is 5.25 Å². The Morgan fingerprint density at radius 2 is 2.08 bits per heavy atom. The van der Waals surface area contributed by atoms with Crippen LogP contribution < -0.4 is 5.56 Å². The number of nitrogens with zero attached hydrogens (tertiary/aromatic N) is 3. The summed E-state index contributed by atoms with van der Waals surface area (Å²) in [5.41, 5.74) is 3.29. The van der Waals surface area contributed by atoms with Crippen molar-refractivity contribution in [2.24, 2.45) is 0 Å². The van der Waals surface area contributed by atoms with E-state index in [0.29, 0.717) is 16.2 Å². The highest BCUT2D eigenvalue weighted by atomic mass is 32.2. The largest absolute Gasteiger partial charge is 0.468 e. The highest BCUT2D eigenvalue weighted by molar-refractivity contribution is 8.00. The Bertz CT molecular complexity index is 1010. The van der Waals surface area contributed by atoms with Crippen molar-refractivity contribution in [2.75, 3.05) is 7.11 Å². The average molecular weight is 358 g/mol. The van der Waals surface area contributed by atoms with Crippen LogP contribution in [-0.2, 0) is 9.53 Å². The molecule has 0 bridgehead atoms. The van der Waals surface area contributed by atoms with Crippen LogP contribution in [0.2, 0.25) is 0 Å². The molecule has 0 amide bonds. The summed E-state index contributed by atoms with van der Waals surface area (Å²) in [5, 5.41) is 4.56. The van der Waals surface area contributed by atoms with Gasteiger partial charge in [-0.15, -0.1) is 0 Å². The molecule has 25 heavy (non-hydrogen) atoms. The highest BCUT2D eigenvalue weighted by Gasteiger charge is 2.18. The fraction of sp³-hybridized carbons (Fsp3) is 0.294. The van der Waals surface area contributed by atoms with Gasteiger partial charge in [-0.3, -0.25) is 9.59 Å². The second-order valence-corrected chi connectivity index (χ2v) is 7.05. The Kier molecular flexibility index (Phi) is 4.63. The molecule has 1 N–H and O–H groups in total. The first kappa shape index (κ1) is 17.2. The van der Waals surface area contributed by atoms with E-state index >= 15 is 0 Å². The Balaban J connectivity index is 2.08. The van der Waals surface area contributed by atoms with Crippen molar-refractivity contribution in [3.8, 4) is 5.69 Å². The molecule has 0 aliphatic carbocycles. The summed E-state index contributed by atoms with van der Waals surface area (Å²) in [5.74, 6) is -0.379. The van der Waals surface area contributed by atoms with Gasteiger partial charge in [-0.2, -0.15) is 5.10 Å². The lowest BCUT2D eigenvalue weighted by molar-refractivity contribution is -0.139. The number of carbonyl (C=O) groups excluding carboxylic acids is 1. The molecule has 0 fully saturated rings. The minimum atomic E-state index is -0.483. The highest BCUT2D eigenvalue weighted by Crippen LogP contribution is 2.22. The van der Waals surface area contributed by atoms with E-state index in [9.17, 15) is 9.59 Å². The molecule has 8 heteroatoms. The Morgan fingerprint density at radius 1 is 1.32 bits per heavy atom. The third-order valence-electron chi connectivity index (χ3n) is 3.97. The SMILES string of the molecule is COC(=O)[C@@H](C)Sc1nc2c(cnn2-c2ccc(C)c(C)c2)c(=O)[nH]1. The van der Waals surface area contributed by atoms with Crippen molar-refractivity contribution in [3.05, 3.63) is 45.9 Å². The molecule has 0 aliphatic heterocycles. The molecule has 3 aromatic rings. The van der Waals surface area contributed by atoms with Gasteiger partial charge in [-0.05, 0) is 44.0 Å². The Morgan fingerprint density at radius 3 is 2.76 bits per heavy atom. The first-order chi connectivity index (χ1) is 11.9. The predicted octanol–water partition coefficient (Wildman–Crippen LogP) is 2.38. The third-order valence-corrected chi connectivity index (χ3v) is 4.94. The van der Waals surface area contributed by atoms with Gasteiger partial charge in [-0.25, -0.2) is 9.67 Å². The molecule has 7 nitrogen and oxygen atoms in total. The van der Waals surface area contributed by atoms with E-state index in [0.717, 1.165) is 23.0 Å². The maximum absolute atomic E-state index is 12.3. The van der Waals surface area contributed by atoms with Gasteiger partial charge in [0.25, 0.3) is 5.56 Å². The van der Waals surface area contributed by atoms with Crippen molar-refractivity contribution >= 4 is 28.8 Å². The quantitative estimate of drug-likeness (QED) is 0.437. The zero-order valence-electron chi connectivity index (χ0n) is 14.4. The van der Waals surface area contributed by atoms with Crippen molar-refractivity contribution in [3.63, 3.8) is 0 Å². The molecule has 0 radical (unpaired) electrons. The first-order valence-electron chi connectivity index (χ1n) is 7.71. The van der Waals surface area contributed by atoms with Crippen molar-refractivity contribution in [1.29, 1.82) is 0 Å². The molecule has 1 aromatic carbocycles. The van der Waals surface area contributed by atoms with Crippen LogP contribution in [0.15, 0.2) is 34.3 Å². The van der Waals surface area contributed by atoms with Crippen LogP contribution in [0.4, 0.5) is 0 Å². The molecule has 0 saturated carbocycles. The van der Waals surface area contributed by atoms with E-state index in [1.165, 1.54) is 18.9 Å². The van der Waals surface area contributed by atoms with Gasteiger partial charge in [0.05, 0.1) is 19.0 Å². The average Bonchev–Trinajstić information content (AvgIpc) is 3.01. The number of carbonyl (C=O) groups is 1. The Labute approximate surface area is 148 Å². The number of aromatic amines is 1. The topological polar surface area (TPSA) is 89.9 Å². The van der Waals surface area contributed by atoms with Gasteiger partial charge in [0.15, 0.2) is 10.8 Å².